The lowest BCUT2D eigenvalue weighted by molar-refractivity contribution is -0.362. The van der Waals surface area contributed by atoms with Gasteiger partial charge < -0.3 is 14.4 Å². The summed E-state index contributed by atoms with van der Waals surface area (Å²) in [6.45, 7) is 5.43. The highest BCUT2D eigenvalue weighted by molar-refractivity contribution is 5.93. The summed E-state index contributed by atoms with van der Waals surface area (Å²) in [7, 11) is 0. The first-order chi connectivity index (χ1) is 21.6. The molecule has 248 valence electrons. The highest BCUT2D eigenvalue weighted by Gasteiger charge is 2.79. The molecule has 6 atom stereocenters. The van der Waals surface area contributed by atoms with Crippen molar-refractivity contribution in [1.82, 2.24) is 9.55 Å². The first-order valence-corrected chi connectivity index (χ1v) is 16.0. The van der Waals surface area contributed by atoms with E-state index in [1.54, 1.807) is 37.5 Å². The summed E-state index contributed by atoms with van der Waals surface area (Å²) in [4.78, 5) is 29.0. The molecule has 0 unspecified atom stereocenters. The van der Waals surface area contributed by atoms with Gasteiger partial charge in [-0.3, -0.25) is 9.59 Å². The first kappa shape index (κ1) is 32.6. The summed E-state index contributed by atoms with van der Waals surface area (Å²) in [6.07, 6.45) is 0.00173. The number of aromatic nitrogens is 2. The fraction of sp³-hybridized carbons (Fsp3) is 0.571. The topological polar surface area (TPSA) is 81.4 Å². The largest absolute Gasteiger partial charge is 0.458 e. The van der Waals surface area contributed by atoms with Gasteiger partial charge in [0.15, 0.2) is 5.78 Å². The second-order valence-electron chi connectivity index (χ2n) is 13.7. The minimum Gasteiger partial charge on any atom is -0.458 e. The molecule has 2 fully saturated rings. The number of carbonyl (C=O) groups is 2. The molecule has 6 nitrogen and oxygen atoms in total. The van der Waals surface area contributed by atoms with E-state index in [9.17, 15) is 27.9 Å². The lowest BCUT2D eigenvalue weighted by atomic mass is 9.50. The number of aliphatic hydroxyl groups is 1. The lowest BCUT2D eigenvalue weighted by Crippen LogP contribution is -2.65. The van der Waals surface area contributed by atoms with Crippen LogP contribution >= 0.6 is 0 Å². The predicted octanol–water partition coefficient (Wildman–Crippen LogP) is 7.71. The molecule has 46 heavy (non-hydrogen) atoms. The van der Waals surface area contributed by atoms with E-state index in [4.69, 9.17) is 4.74 Å². The van der Waals surface area contributed by atoms with Gasteiger partial charge in [0, 0.05) is 36.7 Å². The maximum atomic E-state index is 15.2. The number of esters is 1. The van der Waals surface area contributed by atoms with Crippen molar-refractivity contribution in [3.8, 4) is 0 Å². The molecule has 1 heterocycles. The molecule has 0 radical (unpaired) electrons. The van der Waals surface area contributed by atoms with Crippen LogP contribution in [0.4, 0.5) is 22.0 Å². The SMILES string of the molecule is Cc1nccn1CCC(=O)O[C@H](C)c1ccc([C@H]2C[C@@]3(C)[C@@H](CC[C@@]3(O)C(F)(F)C(F)(F)F)[C@@H]3CCC4=CC(=O)CCC4=C32)cc1. The Balaban J connectivity index is 1.32. The monoisotopic (exact) mass is 646 g/mol. The number of nitrogens with zero attached hydrogens (tertiary/aromatic N) is 2. The van der Waals surface area contributed by atoms with Gasteiger partial charge in [-0.25, -0.2) is 4.98 Å². The Morgan fingerprint density at radius 2 is 1.85 bits per heavy atom. The molecular formula is C35H39F5N2O4. The number of benzene rings is 1. The summed E-state index contributed by atoms with van der Waals surface area (Å²) >= 11 is 0. The molecule has 1 aromatic carbocycles. The molecule has 0 bridgehead atoms. The smallest absolute Gasteiger partial charge is 0.456 e. The van der Waals surface area contributed by atoms with Crippen molar-refractivity contribution in [1.29, 1.82) is 0 Å². The van der Waals surface area contributed by atoms with E-state index >= 15 is 8.78 Å². The van der Waals surface area contributed by atoms with E-state index in [2.05, 4.69) is 4.98 Å². The minimum atomic E-state index is -5.90. The molecule has 1 N–H and O–H groups in total. The van der Waals surface area contributed by atoms with Gasteiger partial charge in [-0.2, -0.15) is 22.0 Å². The summed E-state index contributed by atoms with van der Waals surface area (Å²) in [5.74, 6) is -6.23. The molecule has 0 amide bonds. The van der Waals surface area contributed by atoms with Gasteiger partial charge in [0.1, 0.15) is 17.5 Å². The van der Waals surface area contributed by atoms with E-state index in [-0.39, 0.29) is 36.9 Å². The van der Waals surface area contributed by atoms with E-state index < -0.39 is 47.5 Å². The Morgan fingerprint density at radius 1 is 1.13 bits per heavy atom. The molecule has 4 aliphatic rings. The van der Waals surface area contributed by atoms with Crippen LogP contribution in [0.1, 0.15) is 94.2 Å². The summed E-state index contributed by atoms with van der Waals surface area (Å²) < 4.78 is 79.4. The second kappa shape index (κ2) is 11.4. The molecule has 0 aliphatic heterocycles. The Kier molecular flexibility index (Phi) is 8.09. The summed E-state index contributed by atoms with van der Waals surface area (Å²) in [5.41, 5.74) is -0.589. The van der Waals surface area contributed by atoms with Crippen molar-refractivity contribution in [2.45, 2.75) is 108 Å². The average Bonchev–Trinajstić information content (AvgIpc) is 3.54. The van der Waals surface area contributed by atoms with Crippen molar-refractivity contribution in [2.24, 2.45) is 17.3 Å². The van der Waals surface area contributed by atoms with Crippen molar-refractivity contribution >= 4 is 11.8 Å². The van der Waals surface area contributed by atoms with Crippen LogP contribution in [0.5, 0.6) is 0 Å². The van der Waals surface area contributed by atoms with E-state index in [1.807, 2.05) is 23.6 Å². The number of ether oxygens (including phenoxy) is 1. The van der Waals surface area contributed by atoms with Gasteiger partial charge in [0.05, 0.1) is 6.42 Å². The molecule has 2 saturated carbocycles. The highest BCUT2D eigenvalue weighted by atomic mass is 19.4. The number of hydrogen-bond acceptors (Lipinski definition) is 5. The van der Waals surface area contributed by atoms with Gasteiger partial charge in [0.2, 0.25) is 0 Å². The zero-order valence-corrected chi connectivity index (χ0v) is 26.2. The maximum absolute atomic E-state index is 15.2. The average molecular weight is 647 g/mol. The van der Waals surface area contributed by atoms with Crippen LogP contribution < -0.4 is 0 Å². The van der Waals surface area contributed by atoms with Crippen molar-refractivity contribution in [3.63, 3.8) is 0 Å². The Labute approximate surface area is 264 Å². The number of fused-ring (bicyclic) bond motifs is 4. The Bertz CT molecular complexity index is 1590. The van der Waals surface area contributed by atoms with E-state index in [1.165, 1.54) is 6.92 Å². The predicted molar refractivity (Wildman–Crippen MR) is 159 cm³/mol. The number of allylic oxidation sites excluding steroid dienone is 4. The van der Waals surface area contributed by atoms with Crippen LogP contribution in [-0.2, 0) is 20.9 Å². The molecule has 4 aliphatic carbocycles. The molecule has 0 spiro atoms. The maximum Gasteiger partial charge on any atom is 0.456 e. The normalized spacial score (nSPS) is 30.3. The zero-order chi connectivity index (χ0) is 33.2. The first-order valence-electron chi connectivity index (χ1n) is 16.0. The van der Waals surface area contributed by atoms with Crippen LogP contribution in [0.25, 0.3) is 0 Å². The van der Waals surface area contributed by atoms with Crippen LogP contribution in [0.15, 0.2) is 59.5 Å². The Hall–Kier alpha value is -3.34. The van der Waals surface area contributed by atoms with Crippen LogP contribution in [-0.4, -0.2) is 44.1 Å². The standard InChI is InChI=1S/C35H39F5N2O4/c1-20(46-30(44)13-16-42-17-15-41-21(42)2)22-4-6-23(7-5-22)28-19-32(3)29(12-14-33(32,45)34(36,37)35(38,39)40)27-10-8-24-18-25(43)9-11-26(24)31(27)28/h4-7,15,17-18,20,27-29,45H,8-14,16,19H2,1-3H3/t20-,27+,28-,29+,32+,33+/m1/s1. The quantitative estimate of drug-likeness (QED) is 0.246. The zero-order valence-electron chi connectivity index (χ0n) is 26.2. The number of imidazole rings is 1. The minimum absolute atomic E-state index is 0.0307. The number of hydrogen-bond donors (Lipinski definition) is 1. The number of aryl methyl sites for hydroxylation is 2. The number of carbonyl (C=O) groups excluding carboxylic acids is 2. The van der Waals surface area contributed by atoms with E-state index in [0.717, 1.165) is 28.1 Å². The van der Waals surface area contributed by atoms with Gasteiger partial charge >= 0.3 is 18.1 Å². The lowest BCUT2D eigenvalue weighted by Gasteiger charge is -2.56. The van der Waals surface area contributed by atoms with Gasteiger partial charge in [0.25, 0.3) is 0 Å². The number of halogens is 5. The molecule has 11 heteroatoms. The Morgan fingerprint density at radius 3 is 2.50 bits per heavy atom. The van der Waals surface area contributed by atoms with Crippen molar-refractivity contribution in [3.05, 3.63) is 76.4 Å². The second-order valence-corrected chi connectivity index (χ2v) is 13.7. The number of rotatable bonds is 7. The molecule has 0 saturated heterocycles. The highest BCUT2D eigenvalue weighted by Crippen LogP contribution is 2.70. The van der Waals surface area contributed by atoms with Gasteiger partial charge in [-0.05, 0) is 92.6 Å². The fourth-order valence-electron chi connectivity index (χ4n) is 8.89. The van der Waals surface area contributed by atoms with Crippen molar-refractivity contribution in [2.75, 3.05) is 0 Å². The van der Waals surface area contributed by atoms with Crippen LogP contribution in [0.3, 0.4) is 0 Å². The molecule has 1 aromatic heterocycles. The van der Waals surface area contributed by atoms with Gasteiger partial charge in [-0.1, -0.05) is 36.8 Å². The summed E-state index contributed by atoms with van der Waals surface area (Å²) in [6, 6.07) is 7.21. The third-order valence-corrected chi connectivity index (χ3v) is 11.4. The van der Waals surface area contributed by atoms with Crippen LogP contribution in [0.2, 0.25) is 0 Å². The fourth-order valence-corrected chi connectivity index (χ4v) is 8.89. The number of ketones is 1. The third kappa shape index (κ3) is 5.13. The van der Waals surface area contributed by atoms with E-state index in [0.29, 0.717) is 37.8 Å². The number of alkyl halides is 5. The van der Waals surface area contributed by atoms with Crippen LogP contribution in [0, 0.1) is 24.2 Å². The molecular weight excluding hydrogens is 607 g/mol. The molecule has 2 aromatic rings. The molecule has 6 rings (SSSR count). The van der Waals surface area contributed by atoms with Gasteiger partial charge in [-0.15, -0.1) is 0 Å². The summed E-state index contributed by atoms with van der Waals surface area (Å²) in [5, 5.41) is 11.5. The van der Waals surface area contributed by atoms with Crippen molar-refractivity contribution < 1.29 is 41.4 Å². The third-order valence-electron chi connectivity index (χ3n) is 11.4.